The number of carbonyl (C=O) groups excluding carboxylic acids is 2. The number of nitrogens with one attached hydrogen (secondary N) is 1. The molecule has 1 amide bonds. The minimum Gasteiger partial charge on any atom is -0.465 e. The normalized spacial score (nSPS) is 16.4. The number of nitrogens with zero attached hydrogens (tertiary/aromatic N) is 3. The monoisotopic (exact) mass is 536 g/mol. The van der Waals surface area contributed by atoms with Crippen molar-refractivity contribution < 1.29 is 18.7 Å². The van der Waals surface area contributed by atoms with E-state index in [1.165, 1.54) is 47.9 Å². The van der Waals surface area contributed by atoms with E-state index in [0.717, 1.165) is 12.2 Å². The maximum atomic E-state index is 13.4. The standard InChI is InChI=1S/C27H25FN4O3S2/c1-3-32-24(20-13-19(20)16-7-5-4-6-8-16)30-31-27(32)37-15-22(33)29-25-23(26(34)35-2)21(14-36-25)17-9-11-18(28)12-10-17/h4-12,14,19-20H,3,13,15H2,1-2H3,(H,29,33). The summed E-state index contributed by atoms with van der Waals surface area (Å²) in [6, 6.07) is 16.2. The molecule has 190 valence electrons. The van der Waals surface area contributed by atoms with Crippen LogP contribution < -0.4 is 5.32 Å². The van der Waals surface area contributed by atoms with Crippen LogP contribution in [0.3, 0.4) is 0 Å². The van der Waals surface area contributed by atoms with Crippen LogP contribution in [0.5, 0.6) is 0 Å². The second-order valence-corrected chi connectivity index (χ2v) is 10.5. The van der Waals surface area contributed by atoms with Gasteiger partial charge in [0.2, 0.25) is 5.91 Å². The summed E-state index contributed by atoms with van der Waals surface area (Å²) in [5.74, 6) is 0.619. The van der Waals surface area contributed by atoms with E-state index in [-0.39, 0.29) is 23.0 Å². The van der Waals surface area contributed by atoms with E-state index in [2.05, 4.69) is 44.3 Å². The molecular weight excluding hydrogens is 511 g/mol. The quantitative estimate of drug-likeness (QED) is 0.210. The lowest BCUT2D eigenvalue weighted by atomic mass is 10.0. The number of carbonyl (C=O) groups is 2. The molecule has 2 heterocycles. The van der Waals surface area contributed by atoms with E-state index in [0.29, 0.717) is 39.7 Å². The molecule has 1 aliphatic carbocycles. The second kappa shape index (κ2) is 10.9. The molecule has 4 aromatic rings. The van der Waals surface area contributed by atoms with Crippen LogP contribution >= 0.6 is 23.1 Å². The summed E-state index contributed by atoms with van der Waals surface area (Å²) in [5.41, 5.74) is 2.79. The highest BCUT2D eigenvalue weighted by Gasteiger charge is 2.43. The van der Waals surface area contributed by atoms with E-state index >= 15 is 0 Å². The van der Waals surface area contributed by atoms with Gasteiger partial charge in [0.25, 0.3) is 0 Å². The number of benzene rings is 2. The van der Waals surface area contributed by atoms with E-state index in [1.807, 2.05) is 13.0 Å². The lowest BCUT2D eigenvalue weighted by molar-refractivity contribution is -0.113. The van der Waals surface area contributed by atoms with Gasteiger partial charge in [-0.1, -0.05) is 54.2 Å². The van der Waals surface area contributed by atoms with Crippen LogP contribution in [0.1, 0.15) is 46.9 Å². The number of thioether (sulfide) groups is 1. The molecule has 0 saturated heterocycles. The molecule has 0 spiro atoms. The van der Waals surface area contributed by atoms with Crippen LogP contribution in [-0.2, 0) is 16.1 Å². The highest BCUT2D eigenvalue weighted by atomic mass is 32.2. The molecule has 0 aliphatic heterocycles. The van der Waals surface area contributed by atoms with E-state index in [1.54, 1.807) is 17.5 Å². The Balaban J connectivity index is 1.27. The minimum absolute atomic E-state index is 0.106. The smallest absolute Gasteiger partial charge is 0.341 e. The Labute approximate surface area is 222 Å². The van der Waals surface area contributed by atoms with Crippen molar-refractivity contribution in [3.63, 3.8) is 0 Å². The topological polar surface area (TPSA) is 86.1 Å². The summed E-state index contributed by atoms with van der Waals surface area (Å²) < 4.78 is 20.4. The number of methoxy groups -OCH3 is 1. The van der Waals surface area contributed by atoms with E-state index in [4.69, 9.17) is 4.74 Å². The van der Waals surface area contributed by atoms with Crippen molar-refractivity contribution in [1.82, 2.24) is 14.8 Å². The van der Waals surface area contributed by atoms with Gasteiger partial charge in [0.1, 0.15) is 22.2 Å². The fourth-order valence-corrected chi connectivity index (χ4v) is 6.20. The number of hydrogen-bond donors (Lipinski definition) is 1. The largest absolute Gasteiger partial charge is 0.465 e. The Kier molecular flexibility index (Phi) is 7.38. The van der Waals surface area contributed by atoms with Crippen molar-refractivity contribution in [2.75, 3.05) is 18.2 Å². The summed E-state index contributed by atoms with van der Waals surface area (Å²) in [5, 5.41) is 14.5. The molecule has 2 aromatic carbocycles. The third kappa shape index (κ3) is 5.30. The van der Waals surface area contributed by atoms with Crippen LogP contribution in [0, 0.1) is 5.82 Å². The Hall–Kier alpha value is -3.50. The van der Waals surface area contributed by atoms with Gasteiger partial charge in [-0.05, 0) is 42.5 Å². The fourth-order valence-electron chi connectivity index (χ4n) is 4.42. The Morgan fingerprint density at radius 3 is 2.59 bits per heavy atom. The molecule has 0 bridgehead atoms. The maximum Gasteiger partial charge on any atom is 0.341 e. The highest BCUT2D eigenvalue weighted by molar-refractivity contribution is 7.99. The predicted octanol–water partition coefficient (Wildman–Crippen LogP) is 5.95. The van der Waals surface area contributed by atoms with Crippen LogP contribution in [0.15, 0.2) is 65.1 Å². The van der Waals surface area contributed by atoms with Gasteiger partial charge in [-0.3, -0.25) is 4.79 Å². The Bertz CT molecular complexity index is 1420. The van der Waals surface area contributed by atoms with Crippen molar-refractivity contribution in [3.05, 3.63) is 82.7 Å². The predicted molar refractivity (Wildman–Crippen MR) is 143 cm³/mol. The van der Waals surface area contributed by atoms with Crippen molar-refractivity contribution in [3.8, 4) is 11.1 Å². The van der Waals surface area contributed by atoms with Crippen LogP contribution in [-0.4, -0.2) is 39.5 Å². The summed E-state index contributed by atoms with van der Waals surface area (Å²) in [4.78, 5) is 25.4. The fraction of sp³-hybridized carbons (Fsp3) is 0.259. The number of hydrogen-bond acceptors (Lipinski definition) is 7. The first-order chi connectivity index (χ1) is 18.0. The first-order valence-corrected chi connectivity index (χ1v) is 13.7. The van der Waals surface area contributed by atoms with Gasteiger partial charge in [0, 0.05) is 23.4 Å². The molecule has 7 nitrogen and oxygen atoms in total. The van der Waals surface area contributed by atoms with Crippen LogP contribution in [0.2, 0.25) is 0 Å². The molecule has 2 aromatic heterocycles. The number of thiophene rings is 1. The third-order valence-electron chi connectivity index (χ3n) is 6.33. The molecule has 1 saturated carbocycles. The molecule has 1 aliphatic rings. The lowest BCUT2D eigenvalue weighted by Gasteiger charge is -2.09. The maximum absolute atomic E-state index is 13.4. The first kappa shape index (κ1) is 25.2. The third-order valence-corrected chi connectivity index (χ3v) is 8.19. The van der Waals surface area contributed by atoms with Gasteiger partial charge in [-0.25, -0.2) is 9.18 Å². The Morgan fingerprint density at radius 2 is 1.89 bits per heavy atom. The number of halogens is 1. The molecule has 1 N–H and O–H groups in total. The molecular formula is C27H25FN4O3S2. The number of ether oxygens (including phenoxy) is 1. The number of rotatable bonds is 9. The van der Waals surface area contributed by atoms with Crippen LogP contribution in [0.4, 0.5) is 9.39 Å². The summed E-state index contributed by atoms with van der Waals surface area (Å²) in [7, 11) is 1.28. The van der Waals surface area contributed by atoms with Gasteiger partial charge < -0.3 is 14.6 Å². The highest BCUT2D eigenvalue weighted by Crippen LogP contribution is 2.54. The van der Waals surface area contributed by atoms with E-state index < -0.39 is 5.97 Å². The second-order valence-electron chi connectivity index (χ2n) is 8.63. The molecule has 10 heteroatoms. The zero-order valence-corrected chi connectivity index (χ0v) is 21.9. The number of amides is 1. The van der Waals surface area contributed by atoms with Crippen molar-refractivity contribution >= 4 is 40.0 Å². The molecule has 0 radical (unpaired) electrons. The summed E-state index contributed by atoms with van der Waals surface area (Å²) >= 11 is 2.53. The van der Waals surface area contributed by atoms with Gasteiger partial charge >= 0.3 is 5.97 Å². The minimum atomic E-state index is -0.573. The van der Waals surface area contributed by atoms with E-state index in [9.17, 15) is 14.0 Å². The summed E-state index contributed by atoms with van der Waals surface area (Å²) in [6.07, 6.45) is 1.04. The average Bonchev–Trinajstić information content (AvgIpc) is 3.44. The Morgan fingerprint density at radius 1 is 1.14 bits per heavy atom. The van der Waals surface area contributed by atoms with Gasteiger partial charge in [0.05, 0.1) is 12.9 Å². The molecule has 5 rings (SSSR count). The molecule has 2 unspecified atom stereocenters. The van der Waals surface area contributed by atoms with Gasteiger partial charge in [-0.2, -0.15) is 0 Å². The molecule has 37 heavy (non-hydrogen) atoms. The van der Waals surface area contributed by atoms with Crippen molar-refractivity contribution in [2.45, 2.75) is 36.9 Å². The molecule has 2 atom stereocenters. The van der Waals surface area contributed by atoms with Gasteiger partial charge in [0.15, 0.2) is 5.16 Å². The van der Waals surface area contributed by atoms with Crippen molar-refractivity contribution in [2.24, 2.45) is 0 Å². The average molecular weight is 537 g/mol. The zero-order chi connectivity index (χ0) is 25.9. The van der Waals surface area contributed by atoms with Crippen LogP contribution in [0.25, 0.3) is 11.1 Å². The zero-order valence-electron chi connectivity index (χ0n) is 20.3. The summed E-state index contributed by atoms with van der Waals surface area (Å²) in [6.45, 7) is 2.75. The number of aromatic nitrogens is 3. The lowest BCUT2D eigenvalue weighted by Crippen LogP contribution is -2.16. The first-order valence-electron chi connectivity index (χ1n) is 11.9. The molecule has 1 fully saturated rings. The number of esters is 1. The SMILES string of the molecule is CCn1c(SCC(=O)Nc2scc(-c3ccc(F)cc3)c2C(=O)OC)nnc1C1CC1c1ccccc1. The number of anilines is 1. The van der Waals surface area contributed by atoms with Crippen molar-refractivity contribution in [1.29, 1.82) is 0 Å². The van der Waals surface area contributed by atoms with Gasteiger partial charge in [-0.15, -0.1) is 21.5 Å².